The number of fused-ring (bicyclic) bond motifs is 1. The first-order valence-corrected chi connectivity index (χ1v) is 7.81. The van der Waals surface area contributed by atoms with Crippen LogP contribution in [0, 0.1) is 11.7 Å². The van der Waals surface area contributed by atoms with Crippen molar-refractivity contribution in [2.45, 2.75) is 26.0 Å². The molecule has 5 nitrogen and oxygen atoms in total. The molecule has 1 aromatic carbocycles. The van der Waals surface area contributed by atoms with Gasteiger partial charge in [-0.3, -0.25) is 9.59 Å². The van der Waals surface area contributed by atoms with Crippen molar-refractivity contribution >= 4 is 11.7 Å². The van der Waals surface area contributed by atoms with E-state index in [1.165, 1.54) is 12.1 Å². The van der Waals surface area contributed by atoms with Crippen LogP contribution in [0.25, 0.3) is 0 Å². The molecule has 6 heteroatoms. The Bertz CT molecular complexity index is 742. The highest BCUT2D eigenvalue weighted by Gasteiger charge is 2.36. The molecule has 0 bridgehead atoms. The first kappa shape index (κ1) is 16.2. The zero-order valence-corrected chi connectivity index (χ0v) is 13.4. The van der Waals surface area contributed by atoms with Gasteiger partial charge >= 0.3 is 0 Å². The number of carbonyl (C=O) groups is 2. The molecule has 0 radical (unpaired) electrons. The minimum absolute atomic E-state index is 0.0529. The Morgan fingerprint density at radius 1 is 1.50 bits per heavy atom. The first-order chi connectivity index (χ1) is 11.4. The summed E-state index contributed by atoms with van der Waals surface area (Å²) < 4.78 is 18.8. The van der Waals surface area contributed by atoms with Crippen LogP contribution in [-0.4, -0.2) is 29.2 Å². The van der Waals surface area contributed by atoms with Crippen LogP contribution in [0.5, 0.6) is 0 Å². The summed E-state index contributed by atoms with van der Waals surface area (Å²) in [5.41, 5.74) is 6.86. The van der Waals surface area contributed by atoms with Gasteiger partial charge in [0.25, 0.3) is 0 Å². The number of primary amides is 1. The number of nitrogens with two attached hydrogens (primary N) is 1. The third-order valence-corrected chi connectivity index (χ3v) is 4.40. The van der Waals surface area contributed by atoms with Gasteiger partial charge in [-0.05, 0) is 36.3 Å². The van der Waals surface area contributed by atoms with E-state index >= 15 is 0 Å². The smallest absolute Gasteiger partial charge is 0.239 e. The fraction of sp³-hybridized carbons (Fsp3) is 0.333. The van der Waals surface area contributed by atoms with Crippen molar-refractivity contribution in [3.05, 3.63) is 59.3 Å². The van der Waals surface area contributed by atoms with E-state index in [1.807, 2.05) is 6.08 Å². The Labute approximate surface area is 139 Å². The summed E-state index contributed by atoms with van der Waals surface area (Å²) >= 11 is 0. The van der Waals surface area contributed by atoms with Crippen LogP contribution in [-0.2, 0) is 20.9 Å². The number of carbonyl (C=O) groups excluding carboxylic acids is 2. The van der Waals surface area contributed by atoms with E-state index in [-0.39, 0.29) is 30.5 Å². The summed E-state index contributed by atoms with van der Waals surface area (Å²) in [5, 5.41) is 0. The number of halogens is 1. The minimum Gasteiger partial charge on any atom is -0.493 e. The first-order valence-electron chi connectivity index (χ1n) is 7.81. The van der Waals surface area contributed by atoms with Crippen molar-refractivity contribution in [1.82, 2.24) is 4.90 Å². The Hall–Kier alpha value is -2.63. The van der Waals surface area contributed by atoms with E-state index in [4.69, 9.17) is 10.5 Å². The van der Waals surface area contributed by atoms with E-state index in [2.05, 4.69) is 0 Å². The topological polar surface area (TPSA) is 72.6 Å². The molecule has 126 valence electrons. The van der Waals surface area contributed by atoms with Crippen molar-refractivity contribution in [2.75, 3.05) is 6.54 Å². The molecular weight excluding hydrogens is 311 g/mol. The molecule has 1 heterocycles. The predicted molar refractivity (Wildman–Crippen MR) is 85.8 cm³/mol. The van der Waals surface area contributed by atoms with Crippen LogP contribution >= 0.6 is 0 Å². The molecule has 1 unspecified atom stereocenters. The highest BCUT2D eigenvalue weighted by atomic mass is 19.1. The zero-order valence-electron chi connectivity index (χ0n) is 13.4. The van der Waals surface area contributed by atoms with Crippen LogP contribution in [0.3, 0.4) is 0 Å². The fourth-order valence-electron chi connectivity index (χ4n) is 2.94. The maximum absolute atomic E-state index is 13.2. The quantitative estimate of drug-likeness (QED) is 0.895. The summed E-state index contributed by atoms with van der Waals surface area (Å²) in [6.45, 7) is 2.38. The second-order valence-electron chi connectivity index (χ2n) is 6.13. The van der Waals surface area contributed by atoms with Crippen LogP contribution in [0.15, 0.2) is 47.9 Å². The Balaban J connectivity index is 1.71. The van der Waals surface area contributed by atoms with Crippen molar-refractivity contribution < 1.29 is 18.7 Å². The lowest BCUT2D eigenvalue weighted by Gasteiger charge is -2.23. The normalized spacial score (nSPS) is 21.0. The van der Waals surface area contributed by atoms with Gasteiger partial charge in [-0.2, -0.15) is 0 Å². The van der Waals surface area contributed by atoms with Crippen LogP contribution in [0.4, 0.5) is 4.39 Å². The summed E-state index contributed by atoms with van der Waals surface area (Å²) in [5.74, 6) is -0.380. The Morgan fingerprint density at radius 3 is 3.00 bits per heavy atom. The SMILES string of the molecule is C[C@@H](C(N)=O)N1C=C2C=C(OCc3cccc(F)c3)CC(=O)C2C1. The van der Waals surface area contributed by atoms with Gasteiger partial charge in [-0.25, -0.2) is 4.39 Å². The molecular formula is C18H19FN2O3. The molecule has 1 aliphatic carbocycles. The molecule has 1 aromatic rings. The van der Waals surface area contributed by atoms with Crippen LogP contribution in [0.2, 0.25) is 0 Å². The molecule has 1 aliphatic heterocycles. The molecule has 2 aliphatic rings. The van der Waals surface area contributed by atoms with E-state index in [0.717, 1.165) is 5.57 Å². The number of rotatable bonds is 5. The lowest BCUT2D eigenvalue weighted by Crippen LogP contribution is -2.40. The Morgan fingerprint density at radius 2 is 2.29 bits per heavy atom. The maximum atomic E-state index is 13.2. The second-order valence-corrected chi connectivity index (χ2v) is 6.13. The highest BCUT2D eigenvalue weighted by molar-refractivity contribution is 5.89. The number of nitrogens with zero attached hydrogens (tertiary/aromatic N) is 1. The van der Waals surface area contributed by atoms with Gasteiger partial charge in [-0.15, -0.1) is 0 Å². The maximum Gasteiger partial charge on any atom is 0.239 e. The van der Waals surface area contributed by atoms with Gasteiger partial charge in [0.05, 0.1) is 12.3 Å². The summed E-state index contributed by atoms with van der Waals surface area (Å²) in [4.78, 5) is 25.4. The van der Waals surface area contributed by atoms with Crippen molar-refractivity contribution in [1.29, 1.82) is 0 Å². The largest absolute Gasteiger partial charge is 0.493 e. The molecule has 1 amide bonds. The average molecular weight is 330 g/mol. The van der Waals surface area contributed by atoms with Crippen LogP contribution in [0.1, 0.15) is 18.9 Å². The van der Waals surface area contributed by atoms with Gasteiger partial charge in [0, 0.05) is 12.7 Å². The lowest BCUT2D eigenvalue weighted by atomic mass is 9.89. The molecule has 0 saturated heterocycles. The predicted octanol–water partition coefficient (Wildman–Crippen LogP) is 1.89. The fourth-order valence-corrected chi connectivity index (χ4v) is 2.94. The monoisotopic (exact) mass is 330 g/mol. The van der Waals surface area contributed by atoms with E-state index in [0.29, 0.717) is 17.9 Å². The molecule has 0 fully saturated rings. The number of benzene rings is 1. The van der Waals surface area contributed by atoms with Gasteiger partial charge < -0.3 is 15.4 Å². The lowest BCUT2D eigenvalue weighted by molar-refractivity contribution is -0.124. The third-order valence-electron chi connectivity index (χ3n) is 4.40. The average Bonchev–Trinajstić information content (AvgIpc) is 2.97. The van der Waals surface area contributed by atoms with E-state index < -0.39 is 11.9 Å². The summed E-state index contributed by atoms with van der Waals surface area (Å²) in [6, 6.07) is 5.70. The number of hydrogen-bond donors (Lipinski definition) is 1. The number of Topliss-reactive ketones (excluding diaryl/α,β-unsaturated/α-hetero) is 1. The molecule has 2 atom stereocenters. The van der Waals surface area contributed by atoms with E-state index in [1.54, 1.807) is 30.2 Å². The number of ether oxygens (including phenoxy) is 1. The molecule has 0 saturated carbocycles. The molecule has 0 aromatic heterocycles. The molecule has 24 heavy (non-hydrogen) atoms. The summed E-state index contributed by atoms with van der Waals surface area (Å²) in [6.07, 6.45) is 3.83. The number of allylic oxidation sites excluding steroid dienone is 2. The number of hydrogen-bond acceptors (Lipinski definition) is 4. The molecule has 2 N–H and O–H groups in total. The minimum atomic E-state index is -0.457. The van der Waals surface area contributed by atoms with Crippen molar-refractivity contribution in [3.63, 3.8) is 0 Å². The number of amides is 1. The molecule has 3 rings (SSSR count). The summed E-state index contributed by atoms with van der Waals surface area (Å²) in [7, 11) is 0. The Kier molecular flexibility index (Phi) is 4.38. The van der Waals surface area contributed by atoms with Gasteiger partial charge in [0.2, 0.25) is 5.91 Å². The third kappa shape index (κ3) is 3.32. The van der Waals surface area contributed by atoms with E-state index in [9.17, 15) is 14.0 Å². The molecule has 0 spiro atoms. The van der Waals surface area contributed by atoms with Gasteiger partial charge in [-0.1, -0.05) is 12.1 Å². The standard InChI is InChI=1S/C18H19FN2O3/c1-11(18(20)23)21-8-13-6-15(7-17(22)16(13)9-21)24-10-12-3-2-4-14(19)5-12/h2-6,8,11,16H,7,9-10H2,1H3,(H2,20,23)/t11-,16?/m0/s1. The van der Waals surface area contributed by atoms with Crippen molar-refractivity contribution in [2.24, 2.45) is 11.7 Å². The van der Waals surface area contributed by atoms with Crippen molar-refractivity contribution in [3.8, 4) is 0 Å². The number of ketones is 1. The van der Waals surface area contributed by atoms with Gasteiger partial charge in [0.1, 0.15) is 30.0 Å². The second kappa shape index (κ2) is 6.47. The zero-order chi connectivity index (χ0) is 17.3. The highest BCUT2D eigenvalue weighted by Crippen LogP contribution is 2.33. The van der Waals surface area contributed by atoms with Gasteiger partial charge in [0.15, 0.2) is 0 Å². The van der Waals surface area contributed by atoms with Crippen LogP contribution < -0.4 is 5.73 Å².